The Labute approximate surface area is 245 Å². The lowest BCUT2D eigenvalue weighted by Gasteiger charge is -2.43. The number of amides is 1. The van der Waals surface area contributed by atoms with Gasteiger partial charge in [-0.25, -0.2) is 9.37 Å². The predicted octanol–water partition coefficient (Wildman–Crippen LogP) is 6.14. The van der Waals surface area contributed by atoms with Crippen molar-refractivity contribution in [1.29, 1.82) is 0 Å². The summed E-state index contributed by atoms with van der Waals surface area (Å²) in [5.41, 5.74) is 2.33. The third-order valence-corrected chi connectivity index (χ3v) is 8.41. The van der Waals surface area contributed by atoms with Crippen LogP contribution in [0.5, 0.6) is 0 Å². The third kappa shape index (κ3) is 7.21. The number of hydrogen-bond acceptors (Lipinski definition) is 5. The SMILES string of the molecule is O=C(NCc1ccc(F)cc1)c1cnc(N2CCN(C3CCN(Cc4ccc(Cl)cc4Cl)CC3)CC2)c(Cl)c1.[HH]. The fourth-order valence-electron chi connectivity index (χ4n) is 5.31. The quantitative estimate of drug-likeness (QED) is 0.357. The minimum atomic E-state index is -0.307. The van der Waals surface area contributed by atoms with E-state index in [9.17, 15) is 9.18 Å². The fourth-order valence-corrected chi connectivity index (χ4v) is 6.06. The number of anilines is 1. The van der Waals surface area contributed by atoms with Gasteiger partial charge in [0.2, 0.25) is 0 Å². The number of nitrogens with zero attached hydrogens (tertiary/aromatic N) is 4. The monoisotopic (exact) mass is 591 g/mol. The molecule has 2 aliphatic heterocycles. The number of carbonyl (C=O) groups is 1. The molecule has 1 amide bonds. The zero-order valence-corrected chi connectivity index (χ0v) is 23.8. The van der Waals surface area contributed by atoms with Crippen LogP contribution in [0.15, 0.2) is 54.7 Å². The molecule has 0 spiro atoms. The Morgan fingerprint density at radius 1 is 0.949 bits per heavy atom. The number of benzene rings is 2. The first-order valence-electron chi connectivity index (χ1n) is 13.2. The maximum Gasteiger partial charge on any atom is 0.253 e. The summed E-state index contributed by atoms with van der Waals surface area (Å²) in [6.07, 6.45) is 3.83. The lowest BCUT2D eigenvalue weighted by Crippen LogP contribution is -2.53. The number of hydrogen-bond donors (Lipinski definition) is 1. The van der Waals surface area contributed by atoms with Crippen molar-refractivity contribution in [2.45, 2.75) is 32.0 Å². The Balaban J connectivity index is 0.00000370. The number of nitrogens with one attached hydrogen (secondary N) is 1. The second-order valence-corrected chi connectivity index (χ2v) is 11.4. The minimum absolute atomic E-state index is 0. The molecule has 208 valence electrons. The van der Waals surface area contributed by atoms with Gasteiger partial charge < -0.3 is 10.2 Å². The van der Waals surface area contributed by atoms with Crippen LogP contribution in [0.4, 0.5) is 10.2 Å². The van der Waals surface area contributed by atoms with Crippen molar-refractivity contribution >= 4 is 46.5 Å². The molecule has 10 heteroatoms. The van der Waals surface area contributed by atoms with Crippen molar-refractivity contribution in [3.05, 3.63) is 92.3 Å². The lowest BCUT2D eigenvalue weighted by atomic mass is 10.0. The zero-order chi connectivity index (χ0) is 27.4. The summed E-state index contributed by atoms with van der Waals surface area (Å²) in [6, 6.07) is 14.0. The predicted molar refractivity (Wildman–Crippen MR) is 157 cm³/mol. The molecule has 0 aliphatic carbocycles. The Hall–Kier alpha value is -2.42. The number of likely N-dealkylation sites (tertiary alicyclic amines) is 1. The van der Waals surface area contributed by atoms with Crippen molar-refractivity contribution < 1.29 is 10.6 Å². The first-order valence-corrected chi connectivity index (χ1v) is 14.3. The molecule has 5 rings (SSSR count). The maximum atomic E-state index is 13.1. The molecule has 0 saturated carbocycles. The van der Waals surface area contributed by atoms with E-state index in [1.54, 1.807) is 24.4 Å². The first kappa shape index (κ1) is 28.1. The highest BCUT2D eigenvalue weighted by Crippen LogP contribution is 2.28. The summed E-state index contributed by atoms with van der Waals surface area (Å²) < 4.78 is 13.1. The van der Waals surface area contributed by atoms with Gasteiger partial charge in [-0.15, -0.1) is 0 Å². The van der Waals surface area contributed by atoms with Crippen molar-refractivity contribution in [2.75, 3.05) is 44.2 Å². The van der Waals surface area contributed by atoms with Crippen LogP contribution in [0, 0.1) is 5.82 Å². The number of pyridine rings is 1. The van der Waals surface area contributed by atoms with Crippen molar-refractivity contribution in [3.8, 4) is 0 Å². The van der Waals surface area contributed by atoms with Crippen LogP contribution in [0.3, 0.4) is 0 Å². The van der Waals surface area contributed by atoms with E-state index in [4.69, 9.17) is 34.8 Å². The molecule has 2 fully saturated rings. The van der Waals surface area contributed by atoms with E-state index in [2.05, 4.69) is 25.0 Å². The zero-order valence-electron chi connectivity index (χ0n) is 21.6. The number of rotatable bonds is 7. The highest BCUT2D eigenvalue weighted by atomic mass is 35.5. The van der Waals surface area contributed by atoms with Gasteiger partial charge in [0.1, 0.15) is 11.6 Å². The van der Waals surface area contributed by atoms with Crippen LogP contribution >= 0.6 is 34.8 Å². The smallest absolute Gasteiger partial charge is 0.253 e. The largest absolute Gasteiger partial charge is 0.353 e. The van der Waals surface area contributed by atoms with Gasteiger partial charge in [0, 0.05) is 63.0 Å². The van der Waals surface area contributed by atoms with Gasteiger partial charge in [0.05, 0.1) is 10.6 Å². The van der Waals surface area contributed by atoms with Gasteiger partial charge in [-0.2, -0.15) is 0 Å². The van der Waals surface area contributed by atoms with E-state index in [0.29, 0.717) is 34.0 Å². The Kier molecular flexibility index (Phi) is 9.25. The molecule has 0 atom stereocenters. The van der Waals surface area contributed by atoms with Crippen LogP contribution in [0.2, 0.25) is 15.1 Å². The molecule has 2 aliphatic rings. The molecule has 2 aromatic carbocycles. The van der Waals surface area contributed by atoms with Gasteiger partial charge in [0.25, 0.3) is 5.91 Å². The standard InChI is InChI=1S/C29H31Cl3FN5O.H2/c30-23-4-3-21(26(31)16-23)19-36-9-7-25(8-10-36)37-11-13-38(14-12-37)28-27(32)15-22(18-34-28)29(39)35-17-20-1-5-24(33)6-2-20;/h1-6,15-16,18,25H,7-14,17,19H2,(H,35,39);1H. The summed E-state index contributed by atoms with van der Waals surface area (Å²) in [4.78, 5) is 24.3. The van der Waals surface area contributed by atoms with Crippen LogP contribution < -0.4 is 10.2 Å². The first-order chi connectivity index (χ1) is 18.9. The number of aromatic nitrogens is 1. The van der Waals surface area contributed by atoms with Crippen molar-refractivity contribution in [2.24, 2.45) is 0 Å². The minimum Gasteiger partial charge on any atom is -0.353 e. The molecular weight excluding hydrogens is 560 g/mol. The molecule has 0 radical (unpaired) electrons. The van der Waals surface area contributed by atoms with Gasteiger partial charge in [-0.1, -0.05) is 53.0 Å². The van der Waals surface area contributed by atoms with Gasteiger partial charge in [-0.3, -0.25) is 14.6 Å². The van der Waals surface area contributed by atoms with Crippen LogP contribution in [-0.2, 0) is 13.1 Å². The fraction of sp³-hybridized carbons (Fsp3) is 0.379. The van der Waals surface area contributed by atoms with Crippen molar-refractivity contribution in [3.63, 3.8) is 0 Å². The summed E-state index contributed by atoms with van der Waals surface area (Å²) in [5, 5.41) is 4.69. The molecule has 2 saturated heterocycles. The molecule has 39 heavy (non-hydrogen) atoms. The summed E-state index contributed by atoms with van der Waals surface area (Å²) in [6.45, 7) is 6.81. The Morgan fingerprint density at radius 2 is 1.67 bits per heavy atom. The van der Waals surface area contributed by atoms with Gasteiger partial charge >= 0.3 is 0 Å². The molecule has 0 bridgehead atoms. The third-order valence-electron chi connectivity index (χ3n) is 7.55. The summed E-state index contributed by atoms with van der Waals surface area (Å²) in [5.74, 6) is 0.134. The average Bonchev–Trinajstić information content (AvgIpc) is 2.94. The van der Waals surface area contributed by atoms with Crippen molar-refractivity contribution in [1.82, 2.24) is 20.1 Å². The van der Waals surface area contributed by atoms with E-state index >= 15 is 0 Å². The second-order valence-electron chi connectivity index (χ2n) is 10.1. The number of piperidine rings is 1. The highest BCUT2D eigenvalue weighted by Gasteiger charge is 2.28. The Morgan fingerprint density at radius 3 is 2.33 bits per heavy atom. The van der Waals surface area contributed by atoms with E-state index in [-0.39, 0.29) is 13.2 Å². The average molecular weight is 593 g/mol. The van der Waals surface area contributed by atoms with Crippen LogP contribution in [0.25, 0.3) is 0 Å². The summed E-state index contributed by atoms with van der Waals surface area (Å²) in [7, 11) is 0. The second kappa shape index (κ2) is 12.8. The molecule has 3 heterocycles. The molecule has 1 aromatic heterocycles. The topological polar surface area (TPSA) is 51.7 Å². The van der Waals surface area contributed by atoms with E-state index < -0.39 is 0 Å². The summed E-state index contributed by atoms with van der Waals surface area (Å²) >= 11 is 19.0. The number of carbonyl (C=O) groups excluding carboxylic acids is 1. The van der Waals surface area contributed by atoms with E-state index in [1.165, 1.54) is 12.1 Å². The maximum absolute atomic E-state index is 13.1. The molecule has 6 nitrogen and oxygen atoms in total. The van der Waals surface area contributed by atoms with E-state index in [0.717, 1.165) is 74.8 Å². The van der Waals surface area contributed by atoms with Crippen LogP contribution in [-0.4, -0.2) is 66.0 Å². The van der Waals surface area contributed by atoms with Gasteiger partial charge in [-0.05, 0) is 67.4 Å². The number of halogens is 4. The molecule has 0 unspecified atom stereocenters. The van der Waals surface area contributed by atoms with E-state index in [1.807, 2.05) is 18.2 Å². The Bertz CT molecular complexity index is 1300. The molecular formula is C29H33Cl3FN5O. The molecule has 3 aromatic rings. The lowest BCUT2D eigenvalue weighted by molar-refractivity contribution is 0.0950. The number of piperazine rings is 1. The van der Waals surface area contributed by atoms with Crippen LogP contribution in [0.1, 0.15) is 35.8 Å². The van der Waals surface area contributed by atoms with Gasteiger partial charge in [0.15, 0.2) is 0 Å². The highest BCUT2D eigenvalue weighted by molar-refractivity contribution is 6.35. The normalized spacial score (nSPS) is 17.4. The molecule has 1 N–H and O–H groups in total.